The Morgan fingerprint density at radius 2 is 2.36 bits per heavy atom. The number of anilines is 1. The second kappa shape index (κ2) is 3.65. The lowest BCUT2D eigenvalue weighted by molar-refractivity contribution is -0.107. The van der Waals surface area contributed by atoms with Crippen LogP contribution in [0.4, 0.5) is 5.69 Å². The van der Waals surface area contributed by atoms with E-state index in [9.17, 15) is 4.79 Å². The number of aromatic nitrogens is 1. The summed E-state index contributed by atoms with van der Waals surface area (Å²) in [6.45, 7) is 0. The molecule has 0 atom stereocenters. The number of amides is 1. The molecule has 1 heterocycles. The molecule has 1 aliphatic carbocycles. The van der Waals surface area contributed by atoms with Crippen LogP contribution < -0.4 is 9.64 Å². The molecular formula is C10H12N2O2. The predicted molar refractivity (Wildman–Crippen MR) is 52.4 cm³/mol. The first-order valence-electron chi connectivity index (χ1n) is 4.59. The molecule has 14 heavy (non-hydrogen) atoms. The first-order chi connectivity index (χ1) is 6.85. The second-order valence-electron chi connectivity index (χ2n) is 3.30. The minimum Gasteiger partial charge on any atom is -0.481 e. The fraction of sp³-hybridized carbons (Fsp3) is 0.400. The van der Waals surface area contributed by atoms with Gasteiger partial charge in [-0.05, 0) is 18.9 Å². The van der Waals surface area contributed by atoms with E-state index in [1.165, 1.54) is 0 Å². The maximum absolute atomic E-state index is 10.8. The topological polar surface area (TPSA) is 42.4 Å². The average Bonchev–Trinajstić information content (AvgIpc) is 3.04. The van der Waals surface area contributed by atoms with Crippen LogP contribution in [0.5, 0.6) is 5.88 Å². The quantitative estimate of drug-likeness (QED) is 0.673. The summed E-state index contributed by atoms with van der Waals surface area (Å²) in [4.78, 5) is 16.6. The number of hydrogen-bond acceptors (Lipinski definition) is 3. The highest BCUT2D eigenvalue weighted by atomic mass is 16.5. The Balaban J connectivity index is 2.17. The summed E-state index contributed by atoms with van der Waals surface area (Å²) in [6.07, 6.45) is 4.70. The van der Waals surface area contributed by atoms with Crippen molar-refractivity contribution in [2.24, 2.45) is 0 Å². The van der Waals surface area contributed by atoms with Gasteiger partial charge in [-0.25, -0.2) is 4.98 Å². The first-order valence-corrected chi connectivity index (χ1v) is 4.59. The fourth-order valence-corrected chi connectivity index (χ4v) is 1.36. The van der Waals surface area contributed by atoms with Gasteiger partial charge in [0.1, 0.15) is 0 Å². The van der Waals surface area contributed by atoms with Gasteiger partial charge in [-0.1, -0.05) is 0 Å². The average molecular weight is 192 g/mol. The van der Waals surface area contributed by atoms with E-state index < -0.39 is 0 Å². The lowest BCUT2D eigenvalue weighted by Crippen LogP contribution is -2.23. The van der Waals surface area contributed by atoms with Crippen LogP contribution in [0.25, 0.3) is 0 Å². The van der Waals surface area contributed by atoms with E-state index in [1.807, 2.05) is 6.07 Å². The normalized spacial score (nSPS) is 14.9. The first kappa shape index (κ1) is 8.99. The Hall–Kier alpha value is -1.58. The van der Waals surface area contributed by atoms with Crippen molar-refractivity contribution in [3.05, 3.63) is 18.3 Å². The Morgan fingerprint density at radius 3 is 2.79 bits per heavy atom. The highest BCUT2D eigenvalue weighted by Crippen LogP contribution is 2.30. The molecule has 0 aliphatic heterocycles. The highest BCUT2D eigenvalue weighted by Gasteiger charge is 2.29. The summed E-state index contributed by atoms with van der Waals surface area (Å²) in [5, 5.41) is 0. The van der Waals surface area contributed by atoms with Gasteiger partial charge < -0.3 is 9.64 Å². The van der Waals surface area contributed by atoms with Gasteiger partial charge in [-0.3, -0.25) is 4.79 Å². The summed E-state index contributed by atoms with van der Waals surface area (Å²) < 4.78 is 4.94. The molecule has 1 aromatic heterocycles. The molecule has 4 heteroatoms. The Labute approximate surface area is 82.5 Å². The summed E-state index contributed by atoms with van der Waals surface area (Å²) in [5.41, 5.74) is 0.836. The zero-order valence-electron chi connectivity index (χ0n) is 8.01. The molecule has 4 nitrogen and oxygen atoms in total. The maximum Gasteiger partial charge on any atom is 0.214 e. The van der Waals surface area contributed by atoms with Crippen molar-refractivity contribution >= 4 is 12.1 Å². The second-order valence-corrected chi connectivity index (χ2v) is 3.30. The number of methoxy groups -OCH3 is 1. The van der Waals surface area contributed by atoms with Crippen LogP contribution in [-0.4, -0.2) is 24.5 Å². The third kappa shape index (κ3) is 1.69. The summed E-state index contributed by atoms with van der Waals surface area (Å²) >= 11 is 0. The number of rotatable bonds is 4. The molecule has 1 amide bonds. The molecule has 1 saturated carbocycles. The van der Waals surface area contributed by atoms with Crippen molar-refractivity contribution in [2.45, 2.75) is 18.9 Å². The molecule has 0 bridgehead atoms. The van der Waals surface area contributed by atoms with Crippen molar-refractivity contribution in [1.29, 1.82) is 0 Å². The molecule has 0 spiro atoms. The number of nitrogens with zero attached hydrogens (tertiary/aromatic N) is 2. The van der Waals surface area contributed by atoms with Crippen LogP contribution in [-0.2, 0) is 4.79 Å². The molecule has 0 saturated heterocycles. The monoisotopic (exact) mass is 192 g/mol. The van der Waals surface area contributed by atoms with Gasteiger partial charge in [0.15, 0.2) is 0 Å². The number of carbonyl (C=O) groups excluding carboxylic acids is 1. The molecular weight excluding hydrogens is 180 g/mol. The van der Waals surface area contributed by atoms with Crippen molar-refractivity contribution in [3.63, 3.8) is 0 Å². The van der Waals surface area contributed by atoms with Crippen molar-refractivity contribution in [2.75, 3.05) is 12.0 Å². The zero-order valence-corrected chi connectivity index (χ0v) is 8.01. The van der Waals surface area contributed by atoms with E-state index >= 15 is 0 Å². The number of pyridine rings is 1. The Morgan fingerprint density at radius 1 is 1.57 bits per heavy atom. The van der Waals surface area contributed by atoms with E-state index in [0.717, 1.165) is 24.9 Å². The van der Waals surface area contributed by atoms with Crippen molar-refractivity contribution < 1.29 is 9.53 Å². The lowest BCUT2D eigenvalue weighted by atomic mass is 10.3. The van der Waals surface area contributed by atoms with Crippen LogP contribution in [0.1, 0.15) is 12.8 Å². The summed E-state index contributed by atoms with van der Waals surface area (Å²) in [7, 11) is 1.57. The molecule has 0 N–H and O–H groups in total. The third-order valence-electron chi connectivity index (χ3n) is 2.28. The molecule has 0 aromatic carbocycles. The minimum absolute atomic E-state index is 0.377. The van der Waals surface area contributed by atoms with Gasteiger partial charge in [0, 0.05) is 12.1 Å². The molecule has 1 aliphatic rings. The molecule has 0 unspecified atom stereocenters. The van der Waals surface area contributed by atoms with Crippen molar-refractivity contribution in [3.8, 4) is 5.88 Å². The Bertz CT molecular complexity index is 319. The molecule has 2 rings (SSSR count). The minimum atomic E-state index is 0.377. The molecule has 1 fully saturated rings. The van der Waals surface area contributed by atoms with Crippen LogP contribution in [0.2, 0.25) is 0 Å². The summed E-state index contributed by atoms with van der Waals surface area (Å²) in [5.74, 6) is 0.565. The van der Waals surface area contributed by atoms with Crippen LogP contribution in [0.15, 0.2) is 18.3 Å². The van der Waals surface area contributed by atoms with E-state index in [0.29, 0.717) is 11.9 Å². The third-order valence-corrected chi connectivity index (χ3v) is 2.28. The lowest BCUT2D eigenvalue weighted by Gasteiger charge is -2.15. The molecule has 74 valence electrons. The standard InChI is InChI=1S/C10H12N2O2/c1-14-10-5-4-9(6-11-10)12(7-13)8-2-3-8/h4-8H,2-3H2,1H3. The van der Waals surface area contributed by atoms with E-state index in [-0.39, 0.29) is 0 Å². The summed E-state index contributed by atoms with van der Waals surface area (Å²) in [6, 6.07) is 3.98. The molecule has 1 aromatic rings. The van der Waals surface area contributed by atoms with Gasteiger partial charge in [-0.15, -0.1) is 0 Å². The smallest absolute Gasteiger partial charge is 0.214 e. The van der Waals surface area contributed by atoms with Crippen molar-refractivity contribution in [1.82, 2.24) is 4.98 Å². The SMILES string of the molecule is COc1ccc(N(C=O)C2CC2)cn1. The zero-order chi connectivity index (χ0) is 9.97. The van der Waals surface area contributed by atoms with Crippen LogP contribution >= 0.6 is 0 Å². The maximum atomic E-state index is 10.8. The van der Waals surface area contributed by atoms with Crippen LogP contribution in [0.3, 0.4) is 0 Å². The Kier molecular flexibility index (Phi) is 2.35. The fourth-order valence-electron chi connectivity index (χ4n) is 1.36. The predicted octanol–water partition coefficient (Wildman–Crippen LogP) is 1.22. The van der Waals surface area contributed by atoms with Gasteiger partial charge >= 0.3 is 0 Å². The highest BCUT2D eigenvalue weighted by molar-refractivity contribution is 5.76. The van der Waals surface area contributed by atoms with Gasteiger partial charge in [0.05, 0.1) is 19.0 Å². The van der Waals surface area contributed by atoms with E-state index in [4.69, 9.17) is 4.74 Å². The number of carbonyl (C=O) groups is 1. The van der Waals surface area contributed by atoms with Gasteiger partial charge in [0.25, 0.3) is 0 Å². The number of ether oxygens (including phenoxy) is 1. The van der Waals surface area contributed by atoms with E-state index in [2.05, 4.69) is 4.98 Å². The van der Waals surface area contributed by atoms with Gasteiger partial charge in [-0.2, -0.15) is 0 Å². The van der Waals surface area contributed by atoms with Gasteiger partial charge in [0.2, 0.25) is 12.3 Å². The number of hydrogen-bond donors (Lipinski definition) is 0. The largest absolute Gasteiger partial charge is 0.481 e. The van der Waals surface area contributed by atoms with Crippen LogP contribution in [0, 0.1) is 0 Å². The molecule has 0 radical (unpaired) electrons. The van der Waals surface area contributed by atoms with E-state index in [1.54, 1.807) is 24.3 Å².